The number of nitrogens with one attached hydrogen (secondary N) is 1. The van der Waals surface area contributed by atoms with Crippen LogP contribution in [0.15, 0.2) is 64.5 Å². The summed E-state index contributed by atoms with van der Waals surface area (Å²) >= 11 is 0. The van der Waals surface area contributed by atoms with Crippen LogP contribution in [-0.4, -0.2) is 45.9 Å². The zero-order valence-electron chi connectivity index (χ0n) is 17.5. The maximum atomic E-state index is 13.1. The van der Waals surface area contributed by atoms with E-state index in [1.807, 2.05) is 18.2 Å². The van der Waals surface area contributed by atoms with Crippen LogP contribution in [0.4, 0.5) is 18.9 Å². The van der Waals surface area contributed by atoms with Gasteiger partial charge < -0.3 is 15.0 Å². The van der Waals surface area contributed by atoms with Crippen LogP contribution >= 0.6 is 0 Å². The number of aromatic nitrogens is 1. The lowest BCUT2D eigenvalue weighted by Crippen LogP contribution is -2.35. The first-order chi connectivity index (χ1) is 15.7. The van der Waals surface area contributed by atoms with E-state index in [2.05, 4.69) is 19.9 Å². The predicted molar refractivity (Wildman–Crippen MR) is 117 cm³/mol. The molecule has 174 valence electrons. The number of hydrogen-bond acceptors (Lipinski definition) is 6. The second-order valence-electron chi connectivity index (χ2n) is 8.49. The summed E-state index contributed by atoms with van der Waals surface area (Å²) in [4.78, 5) is 6.21. The van der Waals surface area contributed by atoms with Gasteiger partial charge in [0.05, 0.1) is 15.3 Å². The fraction of sp³-hybridized carbons (Fsp3) is 0.348. The molecule has 10 heteroatoms. The van der Waals surface area contributed by atoms with Crippen molar-refractivity contribution in [2.75, 3.05) is 31.1 Å². The highest BCUT2D eigenvalue weighted by molar-refractivity contribution is 7.91. The Labute approximate surface area is 189 Å². The van der Waals surface area contributed by atoms with Gasteiger partial charge in [0.15, 0.2) is 0 Å². The molecule has 2 aromatic carbocycles. The molecule has 0 spiro atoms. The zero-order valence-corrected chi connectivity index (χ0v) is 18.4. The number of ether oxygens (including phenoxy) is 1. The number of sulfone groups is 1. The highest BCUT2D eigenvalue weighted by Crippen LogP contribution is 2.34. The molecule has 0 saturated carbocycles. The maximum Gasteiger partial charge on any atom is 0.573 e. The summed E-state index contributed by atoms with van der Waals surface area (Å²) in [6, 6.07) is 11.7. The Morgan fingerprint density at radius 2 is 1.85 bits per heavy atom. The molecule has 1 N–H and O–H groups in total. The van der Waals surface area contributed by atoms with Gasteiger partial charge >= 0.3 is 6.36 Å². The van der Waals surface area contributed by atoms with Gasteiger partial charge in [0.25, 0.3) is 0 Å². The molecular weight excluding hydrogens is 455 g/mol. The van der Waals surface area contributed by atoms with Crippen molar-refractivity contribution in [3.63, 3.8) is 0 Å². The van der Waals surface area contributed by atoms with E-state index in [1.165, 1.54) is 24.4 Å². The molecule has 2 aliphatic rings. The van der Waals surface area contributed by atoms with Gasteiger partial charge in [-0.1, -0.05) is 6.07 Å². The molecule has 0 amide bonds. The molecule has 33 heavy (non-hydrogen) atoms. The highest BCUT2D eigenvalue weighted by atomic mass is 32.2. The van der Waals surface area contributed by atoms with Crippen LogP contribution in [0.5, 0.6) is 5.75 Å². The number of nitrogens with zero attached hydrogens (tertiary/aromatic N) is 2. The van der Waals surface area contributed by atoms with Gasteiger partial charge in [0.1, 0.15) is 5.75 Å². The van der Waals surface area contributed by atoms with Gasteiger partial charge in [0, 0.05) is 30.4 Å². The summed E-state index contributed by atoms with van der Waals surface area (Å²) in [5.41, 5.74) is 1.65. The van der Waals surface area contributed by atoms with Crippen LogP contribution in [0, 0.1) is 11.8 Å². The number of rotatable bonds is 4. The smallest absolute Gasteiger partial charge is 0.406 e. The average molecular weight is 478 g/mol. The maximum absolute atomic E-state index is 13.1. The molecule has 1 aromatic heterocycles. The third-order valence-corrected chi connectivity index (χ3v) is 8.06. The number of alkyl halides is 3. The number of benzene rings is 2. The number of fused-ring (bicyclic) bond motifs is 2. The summed E-state index contributed by atoms with van der Waals surface area (Å²) in [6.45, 7) is 3.96. The first-order valence-electron chi connectivity index (χ1n) is 10.7. The lowest BCUT2D eigenvalue weighted by Gasteiger charge is -2.23. The summed E-state index contributed by atoms with van der Waals surface area (Å²) < 4.78 is 67.7. The SMILES string of the molecule is O=S(=O)(c1cccc(OC(F)(F)F)c1)c1cnc2ccc(N3CC4CCNCC4C3)cc2c1. The average Bonchev–Trinajstić information content (AvgIpc) is 3.22. The lowest BCUT2D eigenvalue weighted by atomic mass is 9.90. The van der Waals surface area contributed by atoms with Crippen LogP contribution in [-0.2, 0) is 9.84 Å². The monoisotopic (exact) mass is 477 g/mol. The van der Waals surface area contributed by atoms with Gasteiger partial charge in [-0.15, -0.1) is 13.2 Å². The van der Waals surface area contributed by atoms with E-state index in [0.29, 0.717) is 22.7 Å². The van der Waals surface area contributed by atoms with Crippen LogP contribution in [0.1, 0.15) is 6.42 Å². The molecule has 0 bridgehead atoms. The first kappa shape index (κ1) is 22.0. The Morgan fingerprint density at radius 1 is 1.03 bits per heavy atom. The fourth-order valence-electron chi connectivity index (χ4n) is 4.70. The zero-order chi connectivity index (χ0) is 23.2. The van der Waals surface area contributed by atoms with Crippen molar-refractivity contribution in [2.45, 2.75) is 22.6 Å². The third-order valence-electron chi connectivity index (χ3n) is 6.34. The topological polar surface area (TPSA) is 71.5 Å². The number of hydrogen-bond donors (Lipinski definition) is 1. The second-order valence-corrected chi connectivity index (χ2v) is 10.4. The minimum atomic E-state index is -4.91. The summed E-state index contributed by atoms with van der Waals surface area (Å²) in [5, 5.41) is 4.10. The molecule has 2 atom stereocenters. The molecule has 3 aromatic rings. The fourth-order valence-corrected chi connectivity index (χ4v) is 5.97. The van der Waals surface area contributed by atoms with Crippen molar-refractivity contribution in [1.29, 1.82) is 0 Å². The van der Waals surface area contributed by atoms with Crippen LogP contribution < -0.4 is 15.0 Å². The van der Waals surface area contributed by atoms with E-state index in [-0.39, 0.29) is 9.79 Å². The first-order valence-corrected chi connectivity index (χ1v) is 12.1. The molecular formula is C23H22F3N3O3S. The van der Waals surface area contributed by atoms with Gasteiger partial charge in [0.2, 0.25) is 9.84 Å². The van der Waals surface area contributed by atoms with E-state index < -0.39 is 21.9 Å². The van der Waals surface area contributed by atoms with Crippen LogP contribution in [0.2, 0.25) is 0 Å². The molecule has 2 fully saturated rings. The summed E-state index contributed by atoms with van der Waals surface area (Å²) in [7, 11) is -4.09. The minimum absolute atomic E-state index is 0.0874. The summed E-state index contributed by atoms with van der Waals surface area (Å²) in [6.07, 6.45) is -2.53. The Bertz CT molecular complexity index is 1280. The highest BCUT2D eigenvalue weighted by Gasteiger charge is 2.34. The number of pyridine rings is 1. The van der Waals surface area contributed by atoms with Gasteiger partial charge in [-0.05, 0) is 73.8 Å². The van der Waals surface area contributed by atoms with Gasteiger partial charge in [-0.3, -0.25) is 4.98 Å². The standard InChI is InChI=1S/C23H22F3N3O3S/c24-23(25,26)32-19-2-1-3-20(10-19)33(30,31)21-9-16-8-18(4-5-22(16)28-12-21)29-13-15-6-7-27-11-17(15)14-29/h1-5,8-10,12,15,17,27H,6-7,11,13-14H2. The number of anilines is 1. The minimum Gasteiger partial charge on any atom is -0.406 e. The predicted octanol–water partition coefficient (Wildman–Crippen LogP) is 4.01. The van der Waals surface area contributed by atoms with E-state index >= 15 is 0 Å². The van der Waals surface area contributed by atoms with E-state index in [0.717, 1.165) is 50.4 Å². The van der Waals surface area contributed by atoms with Crippen LogP contribution in [0.3, 0.4) is 0 Å². The molecule has 3 heterocycles. The molecule has 2 unspecified atom stereocenters. The second kappa shape index (κ2) is 8.18. The summed E-state index contributed by atoms with van der Waals surface area (Å²) in [5.74, 6) is 0.660. The van der Waals surface area contributed by atoms with Crippen molar-refractivity contribution in [2.24, 2.45) is 11.8 Å². The Morgan fingerprint density at radius 3 is 2.64 bits per heavy atom. The van der Waals surface area contributed by atoms with E-state index in [9.17, 15) is 21.6 Å². The van der Waals surface area contributed by atoms with E-state index in [4.69, 9.17) is 0 Å². The third kappa shape index (κ3) is 4.49. The Kier molecular flexibility index (Phi) is 5.44. The Hall–Kier alpha value is -2.85. The number of piperidine rings is 1. The van der Waals surface area contributed by atoms with Crippen molar-refractivity contribution in [1.82, 2.24) is 10.3 Å². The Balaban J connectivity index is 1.46. The molecule has 6 nitrogen and oxygen atoms in total. The molecule has 2 aliphatic heterocycles. The van der Waals surface area contributed by atoms with Crippen molar-refractivity contribution in [3.05, 3.63) is 54.7 Å². The molecule has 0 aliphatic carbocycles. The normalized spacial score (nSPS) is 21.2. The van der Waals surface area contributed by atoms with Crippen molar-refractivity contribution < 1.29 is 26.3 Å². The van der Waals surface area contributed by atoms with Crippen molar-refractivity contribution in [3.8, 4) is 5.75 Å². The lowest BCUT2D eigenvalue weighted by molar-refractivity contribution is -0.274. The van der Waals surface area contributed by atoms with Crippen molar-refractivity contribution >= 4 is 26.4 Å². The largest absolute Gasteiger partial charge is 0.573 e. The molecule has 2 saturated heterocycles. The molecule has 5 rings (SSSR count). The van der Waals surface area contributed by atoms with Gasteiger partial charge in [-0.25, -0.2) is 8.42 Å². The molecule has 0 radical (unpaired) electrons. The van der Waals surface area contributed by atoms with Gasteiger partial charge in [-0.2, -0.15) is 0 Å². The van der Waals surface area contributed by atoms with Crippen LogP contribution in [0.25, 0.3) is 10.9 Å². The van der Waals surface area contributed by atoms with E-state index in [1.54, 1.807) is 0 Å². The quantitative estimate of drug-likeness (QED) is 0.612. The number of halogens is 3.